The Kier molecular flexibility index (Phi) is 3.68. The highest BCUT2D eigenvalue weighted by atomic mass is 16.2. The maximum Gasteiger partial charge on any atom is 0.230 e. The zero-order valence-corrected chi connectivity index (χ0v) is 13.3. The minimum atomic E-state index is -0.0964. The zero-order valence-electron chi connectivity index (χ0n) is 13.3. The van der Waals surface area contributed by atoms with Crippen LogP contribution in [-0.4, -0.2) is 51.4 Å². The molecule has 3 heterocycles. The fourth-order valence-electron chi connectivity index (χ4n) is 4.75. The Morgan fingerprint density at radius 1 is 1.23 bits per heavy atom. The van der Waals surface area contributed by atoms with E-state index in [9.17, 15) is 4.79 Å². The average molecular weight is 302 g/mol. The van der Waals surface area contributed by atoms with Gasteiger partial charge in [-0.05, 0) is 38.6 Å². The van der Waals surface area contributed by atoms with Gasteiger partial charge in [0.1, 0.15) is 0 Å². The highest BCUT2D eigenvalue weighted by Crippen LogP contribution is 2.42. The summed E-state index contributed by atoms with van der Waals surface area (Å²) in [5, 5.41) is 0. The third-order valence-electron chi connectivity index (χ3n) is 5.92. The molecule has 3 aliphatic rings. The van der Waals surface area contributed by atoms with Crippen molar-refractivity contribution in [1.82, 2.24) is 19.8 Å². The Morgan fingerprint density at radius 2 is 2.09 bits per heavy atom. The monoisotopic (exact) mass is 302 g/mol. The summed E-state index contributed by atoms with van der Waals surface area (Å²) >= 11 is 0. The maximum absolute atomic E-state index is 13.2. The molecule has 120 valence electrons. The van der Waals surface area contributed by atoms with E-state index >= 15 is 0 Å². The lowest BCUT2D eigenvalue weighted by Crippen LogP contribution is -2.53. The summed E-state index contributed by atoms with van der Waals surface area (Å²) in [4.78, 5) is 25.1. The van der Waals surface area contributed by atoms with Gasteiger partial charge in [-0.25, -0.2) is 4.98 Å². The van der Waals surface area contributed by atoms with Gasteiger partial charge >= 0.3 is 0 Å². The number of aromatic amines is 1. The molecule has 2 aliphatic heterocycles. The van der Waals surface area contributed by atoms with Crippen LogP contribution in [0.15, 0.2) is 12.5 Å². The smallest absolute Gasteiger partial charge is 0.230 e. The number of hydrogen-bond donors (Lipinski definition) is 1. The normalized spacial score (nSPS) is 30.7. The van der Waals surface area contributed by atoms with Crippen molar-refractivity contribution in [1.29, 1.82) is 0 Å². The molecule has 4 rings (SSSR count). The van der Waals surface area contributed by atoms with Crippen molar-refractivity contribution in [3.63, 3.8) is 0 Å². The lowest BCUT2D eigenvalue weighted by Gasteiger charge is -2.42. The van der Waals surface area contributed by atoms with Crippen molar-refractivity contribution in [2.24, 2.45) is 5.41 Å². The molecule has 1 aromatic rings. The summed E-state index contributed by atoms with van der Waals surface area (Å²) in [5.74, 6) is 0.456. The highest BCUT2D eigenvalue weighted by molar-refractivity contribution is 5.84. The summed E-state index contributed by atoms with van der Waals surface area (Å²) in [6, 6.07) is 0.534. The standard InChI is InChI=1S/C17H26N4O/c22-16-17(6-3-8-21(16)15-4-1-2-5-15)7-9-20(12-17)11-14-10-18-13-19-14/h10,13,15H,1-9,11-12H2,(H,18,19)/t17-/m1/s1. The fourth-order valence-corrected chi connectivity index (χ4v) is 4.75. The molecule has 0 radical (unpaired) electrons. The van der Waals surface area contributed by atoms with Gasteiger partial charge in [-0.15, -0.1) is 0 Å². The summed E-state index contributed by atoms with van der Waals surface area (Å²) in [6.07, 6.45) is 11.9. The number of H-pyrrole nitrogens is 1. The molecule has 0 aromatic carbocycles. The number of likely N-dealkylation sites (tertiary alicyclic amines) is 2. The fraction of sp³-hybridized carbons (Fsp3) is 0.765. The Labute approximate surface area is 132 Å². The van der Waals surface area contributed by atoms with E-state index < -0.39 is 0 Å². The molecule has 5 nitrogen and oxygen atoms in total. The molecule has 1 aromatic heterocycles. The van der Waals surface area contributed by atoms with Crippen LogP contribution in [0, 0.1) is 5.41 Å². The van der Waals surface area contributed by atoms with Gasteiger partial charge in [-0.3, -0.25) is 9.69 Å². The van der Waals surface area contributed by atoms with Crippen molar-refractivity contribution in [2.45, 2.75) is 57.5 Å². The lowest BCUT2D eigenvalue weighted by atomic mass is 9.77. The van der Waals surface area contributed by atoms with Gasteiger partial charge in [0.15, 0.2) is 0 Å². The number of rotatable bonds is 3. The number of piperidine rings is 1. The first-order valence-electron chi connectivity index (χ1n) is 8.78. The first-order chi connectivity index (χ1) is 10.8. The van der Waals surface area contributed by atoms with Gasteiger partial charge in [-0.2, -0.15) is 0 Å². The summed E-state index contributed by atoms with van der Waals surface area (Å²) in [5.41, 5.74) is 1.05. The number of nitrogens with zero attached hydrogens (tertiary/aromatic N) is 3. The summed E-state index contributed by atoms with van der Waals surface area (Å²) in [7, 11) is 0. The van der Waals surface area contributed by atoms with Gasteiger partial charge in [0, 0.05) is 37.6 Å². The molecular formula is C17H26N4O. The largest absolute Gasteiger partial charge is 0.347 e. The van der Waals surface area contributed by atoms with Gasteiger partial charge in [0.2, 0.25) is 5.91 Å². The van der Waals surface area contributed by atoms with Crippen LogP contribution in [0.4, 0.5) is 0 Å². The van der Waals surface area contributed by atoms with E-state index in [4.69, 9.17) is 0 Å². The number of imidazole rings is 1. The van der Waals surface area contributed by atoms with Crippen molar-refractivity contribution in [3.8, 4) is 0 Å². The van der Waals surface area contributed by atoms with Gasteiger partial charge in [0.05, 0.1) is 11.7 Å². The lowest BCUT2D eigenvalue weighted by molar-refractivity contribution is -0.148. The van der Waals surface area contributed by atoms with Crippen molar-refractivity contribution >= 4 is 5.91 Å². The minimum Gasteiger partial charge on any atom is -0.347 e. The average Bonchev–Trinajstić information content (AvgIpc) is 3.26. The van der Waals surface area contributed by atoms with Gasteiger partial charge in [-0.1, -0.05) is 12.8 Å². The van der Waals surface area contributed by atoms with Crippen LogP contribution in [0.3, 0.4) is 0 Å². The van der Waals surface area contributed by atoms with Gasteiger partial charge < -0.3 is 9.88 Å². The molecule has 22 heavy (non-hydrogen) atoms. The number of amides is 1. The van der Waals surface area contributed by atoms with E-state index in [0.717, 1.165) is 44.7 Å². The van der Waals surface area contributed by atoms with E-state index in [-0.39, 0.29) is 5.41 Å². The van der Waals surface area contributed by atoms with Crippen LogP contribution in [0.25, 0.3) is 0 Å². The molecule has 0 unspecified atom stereocenters. The minimum absolute atomic E-state index is 0.0964. The van der Waals surface area contributed by atoms with Crippen LogP contribution >= 0.6 is 0 Å². The second kappa shape index (κ2) is 5.69. The molecule has 1 atom stereocenters. The summed E-state index contributed by atoms with van der Waals surface area (Å²) < 4.78 is 0. The second-order valence-corrected chi connectivity index (χ2v) is 7.36. The second-order valence-electron chi connectivity index (χ2n) is 7.36. The number of hydrogen-bond acceptors (Lipinski definition) is 3. The first-order valence-corrected chi connectivity index (χ1v) is 8.78. The van der Waals surface area contributed by atoms with Crippen LogP contribution in [0.1, 0.15) is 50.6 Å². The third kappa shape index (κ3) is 2.45. The molecule has 1 saturated carbocycles. The van der Waals surface area contributed by atoms with Gasteiger partial charge in [0.25, 0.3) is 0 Å². The van der Waals surface area contributed by atoms with E-state index in [2.05, 4.69) is 19.8 Å². The molecule has 5 heteroatoms. The quantitative estimate of drug-likeness (QED) is 0.931. The SMILES string of the molecule is O=C1N(C2CCCC2)CCC[C@]12CCN(Cc1cnc[nH]1)C2. The number of nitrogens with one attached hydrogen (secondary N) is 1. The van der Waals surface area contributed by atoms with Crippen LogP contribution in [0.5, 0.6) is 0 Å². The van der Waals surface area contributed by atoms with Crippen LogP contribution in [-0.2, 0) is 11.3 Å². The van der Waals surface area contributed by atoms with E-state index in [0.29, 0.717) is 11.9 Å². The molecule has 1 spiro atoms. The predicted molar refractivity (Wildman–Crippen MR) is 84.1 cm³/mol. The predicted octanol–water partition coefficient (Wildman–Crippen LogP) is 2.17. The topological polar surface area (TPSA) is 52.2 Å². The number of carbonyl (C=O) groups excluding carboxylic acids is 1. The number of aromatic nitrogens is 2. The molecule has 1 amide bonds. The van der Waals surface area contributed by atoms with Crippen LogP contribution < -0.4 is 0 Å². The maximum atomic E-state index is 13.2. The molecule has 2 saturated heterocycles. The third-order valence-corrected chi connectivity index (χ3v) is 5.92. The summed E-state index contributed by atoms with van der Waals surface area (Å²) in [6.45, 7) is 3.83. The van der Waals surface area contributed by atoms with E-state index in [1.165, 1.54) is 32.1 Å². The Bertz CT molecular complexity index is 523. The van der Waals surface area contributed by atoms with Crippen molar-refractivity contribution in [3.05, 3.63) is 18.2 Å². The van der Waals surface area contributed by atoms with Crippen LogP contribution in [0.2, 0.25) is 0 Å². The zero-order chi connectivity index (χ0) is 15.0. The molecule has 1 aliphatic carbocycles. The first kappa shape index (κ1) is 14.2. The Balaban J connectivity index is 1.45. The Hall–Kier alpha value is -1.36. The molecular weight excluding hydrogens is 276 g/mol. The Morgan fingerprint density at radius 3 is 2.86 bits per heavy atom. The van der Waals surface area contributed by atoms with E-state index in [1.807, 2.05) is 6.20 Å². The van der Waals surface area contributed by atoms with Crippen molar-refractivity contribution in [2.75, 3.05) is 19.6 Å². The highest BCUT2D eigenvalue weighted by Gasteiger charge is 2.49. The molecule has 1 N–H and O–H groups in total. The number of carbonyl (C=O) groups is 1. The molecule has 3 fully saturated rings. The van der Waals surface area contributed by atoms with Crippen molar-refractivity contribution < 1.29 is 4.79 Å². The van der Waals surface area contributed by atoms with E-state index in [1.54, 1.807) is 6.33 Å². The molecule has 0 bridgehead atoms.